The average molecular weight is 360 g/mol. The van der Waals surface area contributed by atoms with E-state index in [0.717, 1.165) is 16.4 Å². The SMILES string of the molecule is Cc1cc(N2CCC(NC(=O)c3ccc(C(C)(C)C)s3)C2=O)n(C)n1. The Morgan fingerprint density at radius 2 is 2.08 bits per heavy atom. The molecular formula is C18H24N4O2S. The van der Waals surface area contributed by atoms with Gasteiger partial charge in [-0.1, -0.05) is 20.8 Å². The minimum absolute atomic E-state index is 0.0145. The number of carbonyl (C=O) groups excluding carboxylic acids is 2. The molecule has 0 aliphatic carbocycles. The molecule has 7 heteroatoms. The highest BCUT2D eigenvalue weighted by atomic mass is 32.1. The maximum Gasteiger partial charge on any atom is 0.262 e. The molecule has 6 nitrogen and oxygen atoms in total. The molecule has 1 unspecified atom stereocenters. The van der Waals surface area contributed by atoms with Crippen LogP contribution in [0.2, 0.25) is 0 Å². The summed E-state index contributed by atoms with van der Waals surface area (Å²) in [6.07, 6.45) is 0.603. The monoisotopic (exact) mass is 360 g/mol. The largest absolute Gasteiger partial charge is 0.339 e. The number of amides is 2. The smallest absolute Gasteiger partial charge is 0.262 e. The third-order valence-corrected chi connectivity index (χ3v) is 5.84. The van der Waals surface area contributed by atoms with Crippen LogP contribution in [-0.2, 0) is 17.3 Å². The van der Waals surface area contributed by atoms with Gasteiger partial charge in [0.15, 0.2) is 0 Å². The van der Waals surface area contributed by atoms with Crippen LogP contribution in [0, 0.1) is 6.92 Å². The molecule has 1 saturated heterocycles. The van der Waals surface area contributed by atoms with E-state index < -0.39 is 6.04 Å². The van der Waals surface area contributed by atoms with Crippen molar-refractivity contribution in [2.45, 2.75) is 45.6 Å². The molecule has 25 heavy (non-hydrogen) atoms. The first-order valence-electron chi connectivity index (χ1n) is 8.40. The molecule has 3 heterocycles. The Labute approximate surface area is 151 Å². The first-order chi connectivity index (χ1) is 11.7. The van der Waals surface area contributed by atoms with E-state index in [-0.39, 0.29) is 17.2 Å². The quantitative estimate of drug-likeness (QED) is 0.915. The lowest BCUT2D eigenvalue weighted by Crippen LogP contribution is -2.41. The highest BCUT2D eigenvalue weighted by molar-refractivity contribution is 7.14. The summed E-state index contributed by atoms with van der Waals surface area (Å²) in [7, 11) is 1.82. The van der Waals surface area contributed by atoms with E-state index in [0.29, 0.717) is 17.8 Å². The number of hydrogen-bond donors (Lipinski definition) is 1. The number of nitrogens with one attached hydrogen (secondary N) is 1. The van der Waals surface area contributed by atoms with Gasteiger partial charge in [-0.3, -0.25) is 19.2 Å². The Bertz CT molecular complexity index is 815. The van der Waals surface area contributed by atoms with Crippen LogP contribution >= 0.6 is 11.3 Å². The van der Waals surface area contributed by atoms with Crippen LogP contribution in [0.4, 0.5) is 5.82 Å². The number of nitrogens with zero attached hydrogens (tertiary/aromatic N) is 3. The Morgan fingerprint density at radius 1 is 1.36 bits per heavy atom. The molecule has 1 N–H and O–H groups in total. The maximum atomic E-state index is 12.7. The second kappa shape index (κ2) is 6.29. The summed E-state index contributed by atoms with van der Waals surface area (Å²) in [5, 5.41) is 7.17. The minimum Gasteiger partial charge on any atom is -0.339 e. The van der Waals surface area contributed by atoms with Crippen molar-refractivity contribution in [1.82, 2.24) is 15.1 Å². The summed E-state index contributed by atoms with van der Waals surface area (Å²) >= 11 is 1.48. The van der Waals surface area contributed by atoms with E-state index in [2.05, 4.69) is 31.2 Å². The number of hydrogen-bond acceptors (Lipinski definition) is 4. The van der Waals surface area contributed by atoms with Gasteiger partial charge in [-0.2, -0.15) is 5.10 Å². The summed E-state index contributed by atoms with van der Waals surface area (Å²) in [5.41, 5.74) is 0.881. The van der Waals surface area contributed by atoms with Gasteiger partial charge < -0.3 is 5.32 Å². The third kappa shape index (κ3) is 3.46. The van der Waals surface area contributed by atoms with E-state index in [1.165, 1.54) is 11.3 Å². The highest BCUT2D eigenvalue weighted by Crippen LogP contribution is 2.29. The highest BCUT2D eigenvalue weighted by Gasteiger charge is 2.35. The lowest BCUT2D eigenvalue weighted by atomic mass is 9.95. The van der Waals surface area contributed by atoms with Crippen molar-refractivity contribution < 1.29 is 9.59 Å². The van der Waals surface area contributed by atoms with Gasteiger partial charge in [0.05, 0.1) is 10.6 Å². The van der Waals surface area contributed by atoms with Crippen LogP contribution in [0.5, 0.6) is 0 Å². The van der Waals surface area contributed by atoms with Gasteiger partial charge in [0.1, 0.15) is 11.9 Å². The molecule has 1 atom stereocenters. The Kier molecular flexibility index (Phi) is 4.45. The van der Waals surface area contributed by atoms with Crippen molar-refractivity contribution in [3.05, 3.63) is 33.6 Å². The van der Waals surface area contributed by atoms with E-state index >= 15 is 0 Å². The fourth-order valence-electron chi connectivity index (χ4n) is 2.98. The van der Waals surface area contributed by atoms with Crippen molar-refractivity contribution in [1.29, 1.82) is 0 Å². The van der Waals surface area contributed by atoms with Crippen LogP contribution in [0.3, 0.4) is 0 Å². The molecule has 1 fully saturated rings. The molecule has 1 aliphatic rings. The Morgan fingerprint density at radius 3 is 2.64 bits per heavy atom. The lowest BCUT2D eigenvalue weighted by molar-refractivity contribution is -0.118. The first-order valence-corrected chi connectivity index (χ1v) is 9.21. The molecule has 2 aromatic rings. The lowest BCUT2D eigenvalue weighted by Gasteiger charge is -2.17. The first kappa shape index (κ1) is 17.7. The van der Waals surface area contributed by atoms with E-state index in [1.54, 1.807) is 9.58 Å². The standard InChI is InChI=1S/C18H24N4O2S/c1-11-10-15(21(5)20-11)22-9-8-12(17(22)24)19-16(23)13-6-7-14(25-13)18(2,3)4/h6-7,10,12H,8-9H2,1-5H3,(H,19,23). The van der Waals surface area contributed by atoms with Gasteiger partial charge in [-0.15, -0.1) is 11.3 Å². The van der Waals surface area contributed by atoms with Gasteiger partial charge >= 0.3 is 0 Å². The van der Waals surface area contributed by atoms with Gasteiger partial charge in [0.2, 0.25) is 0 Å². The molecule has 0 aromatic carbocycles. The van der Waals surface area contributed by atoms with Crippen LogP contribution in [0.15, 0.2) is 18.2 Å². The molecule has 3 rings (SSSR count). The van der Waals surface area contributed by atoms with Gasteiger partial charge in [0, 0.05) is 24.5 Å². The van der Waals surface area contributed by atoms with Gasteiger partial charge in [-0.25, -0.2) is 0 Å². The maximum absolute atomic E-state index is 12.7. The second-order valence-corrected chi connectivity index (χ2v) is 8.57. The molecular weight excluding hydrogens is 336 g/mol. The van der Waals surface area contributed by atoms with Crippen molar-refractivity contribution in [2.75, 3.05) is 11.4 Å². The molecule has 134 valence electrons. The summed E-state index contributed by atoms with van der Waals surface area (Å²) in [5.74, 6) is 0.510. The van der Waals surface area contributed by atoms with Crippen molar-refractivity contribution >= 4 is 29.0 Å². The molecule has 2 aromatic heterocycles. The van der Waals surface area contributed by atoms with Gasteiger partial charge in [0.25, 0.3) is 11.8 Å². The number of carbonyl (C=O) groups is 2. The number of thiophene rings is 1. The topological polar surface area (TPSA) is 67.2 Å². The molecule has 2 amide bonds. The zero-order valence-electron chi connectivity index (χ0n) is 15.3. The van der Waals surface area contributed by atoms with Crippen LogP contribution < -0.4 is 10.2 Å². The van der Waals surface area contributed by atoms with Crippen LogP contribution in [0.25, 0.3) is 0 Å². The number of anilines is 1. The number of rotatable bonds is 3. The van der Waals surface area contributed by atoms with Crippen LogP contribution in [-0.4, -0.2) is 34.2 Å². The predicted octanol–water partition coefficient (Wildman–Crippen LogP) is 2.62. The van der Waals surface area contributed by atoms with Crippen molar-refractivity contribution in [3.63, 3.8) is 0 Å². The number of aryl methyl sites for hydroxylation is 2. The normalized spacial score (nSPS) is 18.0. The van der Waals surface area contributed by atoms with E-state index in [4.69, 9.17) is 0 Å². The second-order valence-electron chi connectivity index (χ2n) is 7.49. The molecule has 1 aliphatic heterocycles. The zero-order valence-corrected chi connectivity index (χ0v) is 16.1. The molecule has 0 bridgehead atoms. The fraction of sp³-hybridized carbons (Fsp3) is 0.500. The van der Waals surface area contributed by atoms with Crippen LogP contribution in [0.1, 0.15) is 47.4 Å². The number of aromatic nitrogens is 2. The molecule has 0 saturated carbocycles. The fourth-order valence-corrected chi connectivity index (χ4v) is 3.95. The third-order valence-electron chi connectivity index (χ3n) is 4.33. The van der Waals surface area contributed by atoms with Gasteiger partial charge in [-0.05, 0) is 30.9 Å². The predicted molar refractivity (Wildman–Crippen MR) is 99.2 cm³/mol. The average Bonchev–Trinajstić information content (AvgIpc) is 3.19. The van der Waals surface area contributed by atoms with Crippen molar-refractivity contribution in [2.24, 2.45) is 7.05 Å². The zero-order chi connectivity index (χ0) is 18.4. The Balaban J connectivity index is 1.70. The molecule has 0 radical (unpaired) electrons. The Hall–Kier alpha value is -2.15. The summed E-state index contributed by atoms with van der Waals surface area (Å²) in [6, 6.07) is 5.22. The minimum atomic E-state index is -0.483. The van der Waals surface area contributed by atoms with E-state index in [9.17, 15) is 9.59 Å². The summed E-state index contributed by atoms with van der Waals surface area (Å²) in [4.78, 5) is 28.7. The summed E-state index contributed by atoms with van der Waals surface area (Å²) < 4.78 is 1.70. The van der Waals surface area contributed by atoms with Crippen molar-refractivity contribution in [3.8, 4) is 0 Å². The summed E-state index contributed by atoms with van der Waals surface area (Å²) in [6.45, 7) is 8.84. The van der Waals surface area contributed by atoms with E-state index in [1.807, 2.05) is 32.2 Å². The molecule has 0 spiro atoms.